The summed E-state index contributed by atoms with van der Waals surface area (Å²) in [7, 11) is 0. The number of rotatable bonds is 4. The fourth-order valence-corrected chi connectivity index (χ4v) is 0.285. The maximum Gasteiger partial charge on any atom is 0.120 e. The maximum absolute atomic E-state index is 9.56. The lowest BCUT2D eigenvalue weighted by molar-refractivity contribution is -0.108. The van der Waals surface area contributed by atoms with E-state index in [-0.39, 0.29) is 13.5 Å². The average Bonchev–Trinajstić information content (AvgIpc) is 1.69. The fraction of sp³-hybridized carbons (Fsp3) is 0.600. The van der Waals surface area contributed by atoms with Crippen LogP contribution in [0.1, 0.15) is 19.3 Å². The molecule has 0 rings (SSSR count). The van der Waals surface area contributed by atoms with Crippen LogP contribution in [-0.2, 0) is 9.59 Å². The van der Waals surface area contributed by atoms with E-state index in [0.717, 1.165) is 12.6 Å². The van der Waals surface area contributed by atoms with Crippen LogP contribution in [0, 0.1) is 0 Å². The third-order valence-corrected chi connectivity index (χ3v) is 0.644. The van der Waals surface area contributed by atoms with Crippen molar-refractivity contribution in [3.8, 4) is 0 Å². The Balaban J connectivity index is 0. The van der Waals surface area contributed by atoms with Crippen LogP contribution in [0.15, 0.2) is 0 Å². The lowest BCUT2D eigenvalue weighted by Crippen LogP contribution is -1.76. The van der Waals surface area contributed by atoms with Crippen LogP contribution in [-0.4, -0.2) is 12.6 Å². The number of hydrogen-bond acceptors (Lipinski definition) is 2. The van der Waals surface area contributed by atoms with Crippen molar-refractivity contribution in [2.24, 2.45) is 0 Å². The van der Waals surface area contributed by atoms with Crippen LogP contribution >= 0.6 is 13.5 Å². The van der Waals surface area contributed by atoms with Gasteiger partial charge in [-0.25, -0.2) is 0 Å². The van der Waals surface area contributed by atoms with Crippen molar-refractivity contribution in [2.75, 3.05) is 0 Å². The molecule has 0 spiro atoms. The van der Waals surface area contributed by atoms with Gasteiger partial charge in [-0.05, 0) is 6.42 Å². The van der Waals surface area contributed by atoms with E-state index in [4.69, 9.17) is 0 Å². The summed E-state index contributed by atoms with van der Waals surface area (Å²) in [6, 6.07) is 0. The van der Waals surface area contributed by atoms with Gasteiger partial charge in [0.2, 0.25) is 0 Å². The Morgan fingerprint density at radius 1 is 1.00 bits per heavy atom. The quantitative estimate of drug-likeness (QED) is 0.418. The molecule has 0 radical (unpaired) electrons. The molecule has 3 heteroatoms. The smallest absolute Gasteiger partial charge is 0.120 e. The Hall–Kier alpha value is -0.310. The molecular weight excluding hydrogens is 124 g/mol. The zero-order valence-corrected chi connectivity index (χ0v) is 5.59. The predicted molar refractivity (Wildman–Crippen MR) is 36.4 cm³/mol. The van der Waals surface area contributed by atoms with Gasteiger partial charge < -0.3 is 9.59 Å². The second kappa shape index (κ2) is 9.85. The molecule has 0 bridgehead atoms. The number of carbonyl (C=O) groups is 2. The summed E-state index contributed by atoms with van der Waals surface area (Å²) in [5, 5.41) is 0. The maximum atomic E-state index is 9.56. The van der Waals surface area contributed by atoms with Gasteiger partial charge >= 0.3 is 0 Å². The van der Waals surface area contributed by atoms with E-state index < -0.39 is 0 Å². The van der Waals surface area contributed by atoms with Crippen molar-refractivity contribution in [1.82, 2.24) is 0 Å². The predicted octanol–water partition coefficient (Wildman–Crippen LogP) is 0.667. The molecule has 0 N–H and O–H groups in total. The van der Waals surface area contributed by atoms with E-state index in [0.29, 0.717) is 19.3 Å². The summed E-state index contributed by atoms with van der Waals surface area (Å²) in [6.07, 6.45) is 3.37. The van der Waals surface area contributed by atoms with Crippen LogP contribution in [0.25, 0.3) is 0 Å². The Morgan fingerprint density at radius 3 is 1.62 bits per heavy atom. The molecule has 0 heterocycles. The largest absolute Gasteiger partial charge is 0.303 e. The van der Waals surface area contributed by atoms with Gasteiger partial charge in [0.1, 0.15) is 12.6 Å². The lowest BCUT2D eigenvalue weighted by atomic mass is 10.3. The monoisotopic (exact) mass is 134 g/mol. The molecule has 0 aliphatic carbocycles. The molecule has 0 amide bonds. The molecule has 0 aliphatic heterocycles. The molecule has 0 aromatic rings. The molecule has 0 unspecified atom stereocenters. The van der Waals surface area contributed by atoms with Crippen LogP contribution < -0.4 is 0 Å². The number of carbonyl (C=O) groups excluding carboxylic acids is 2. The van der Waals surface area contributed by atoms with Crippen molar-refractivity contribution < 1.29 is 9.59 Å². The molecule has 2 nitrogen and oxygen atoms in total. The van der Waals surface area contributed by atoms with Crippen molar-refractivity contribution >= 4 is 26.1 Å². The van der Waals surface area contributed by atoms with Gasteiger partial charge in [0.15, 0.2) is 0 Å². The Labute approximate surface area is 55.7 Å². The van der Waals surface area contributed by atoms with Crippen LogP contribution in [0.5, 0.6) is 0 Å². The molecule has 0 atom stereocenters. The second-order valence-electron chi connectivity index (χ2n) is 1.26. The highest BCUT2D eigenvalue weighted by Crippen LogP contribution is 1.85. The van der Waals surface area contributed by atoms with Gasteiger partial charge in [-0.2, -0.15) is 13.5 Å². The van der Waals surface area contributed by atoms with E-state index in [1.165, 1.54) is 0 Å². The zero-order valence-electron chi connectivity index (χ0n) is 4.59. The van der Waals surface area contributed by atoms with Gasteiger partial charge in [0, 0.05) is 12.8 Å². The van der Waals surface area contributed by atoms with Gasteiger partial charge in [-0.3, -0.25) is 0 Å². The molecule has 0 aliphatic rings. The normalized spacial score (nSPS) is 7.00. The van der Waals surface area contributed by atoms with E-state index >= 15 is 0 Å². The fourth-order valence-electron chi connectivity index (χ4n) is 0.285. The molecule has 0 aromatic carbocycles. The van der Waals surface area contributed by atoms with Crippen molar-refractivity contribution in [3.63, 3.8) is 0 Å². The Morgan fingerprint density at radius 2 is 1.38 bits per heavy atom. The summed E-state index contributed by atoms with van der Waals surface area (Å²) in [5.74, 6) is 0. The molecule has 0 saturated heterocycles. The minimum atomic E-state index is 0. The standard InChI is InChI=1S/C5H8O2.H2S/c6-4-2-1-3-5-7;/h4-5H,1-3H2;1H2. The average molecular weight is 134 g/mol. The first-order valence-corrected chi connectivity index (χ1v) is 2.29. The first kappa shape index (κ1) is 10.6. The zero-order chi connectivity index (χ0) is 5.54. The third-order valence-electron chi connectivity index (χ3n) is 0.644. The first-order chi connectivity index (χ1) is 3.41. The highest BCUT2D eigenvalue weighted by Gasteiger charge is 1.80. The van der Waals surface area contributed by atoms with Gasteiger partial charge in [0.25, 0.3) is 0 Å². The van der Waals surface area contributed by atoms with Crippen LogP contribution in [0.3, 0.4) is 0 Å². The first-order valence-electron chi connectivity index (χ1n) is 2.29. The summed E-state index contributed by atoms with van der Waals surface area (Å²) >= 11 is 0. The minimum absolute atomic E-state index is 0. The molecule has 48 valence electrons. The van der Waals surface area contributed by atoms with Crippen molar-refractivity contribution in [2.45, 2.75) is 19.3 Å². The van der Waals surface area contributed by atoms with Crippen LogP contribution in [0.2, 0.25) is 0 Å². The van der Waals surface area contributed by atoms with Gasteiger partial charge in [-0.15, -0.1) is 0 Å². The van der Waals surface area contributed by atoms with E-state index in [9.17, 15) is 9.59 Å². The molecular formula is C5H10O2S. The summed E-state index contributed by atoms with van der Waals surface area (Å²) in [5.41, 5.74) is 0. The number of hydrogen-bond donors (Lipinski definition) is 0. The van der Waals surface area contributed by atoms with E-state index in [2.05, 4.69) is 0 Å². The Bertz CT molecular complexity index is 55.4. The highest BCUT2D eigenvalue weighted by molar-refractivity contribution is 7.59. The summed E-state index contributed by atoms with van der Waals surface area (Å²) in [4.78, 5) is 19.1. The molecule has 0 aromatic heterocycles. The Kier molecular flexibility index (Phi) is 13.1. The topological polar surface area (TPSA) is 34.1 Å². The molecule has 0 saturated carbocycles. The molecule has 8 heavy (non-hydrogen) atoms. The minimum Gasteiger partial charge on any atom is -0.303 e. The summed E-state index contributed by atoms with van der Waals surface area (Å²) < 4.78 is 0. The lowest BCUT2D eigenvalue weighted by Gasteiger charge is -1.78. The van der Waals surface area contributed by atoms with Gasteiger partial charge in [-0.1, -0.05) is 0 Å². The molecule has 0 fully saturated rings. The third kappa shape index (κ3) is 9.19. The summed E-state index contributed by atoms with van der Waals surface area (Å²) in [6.45, 7) is 0. The van der Waals surface area contributed by atoms with E-state index in [1.807, 2.05) is 0 Å². The number of aldehydes is 2. The van der Waals surface area contributed by atoms with E-state index in [1.54, 1.807) is 0 Å². The van der Waals surface area contributed by atoms with Crippen LogP contribution in [0.4, 0.5) is 0 Å². The highest BCUT2D eigenvalue weighted by atomic mass is 32.1. The van der Waals surface area contributed by atoms with Crippen molar-refractivity contribution in [3.05, 3.63) is 0 Å². The SMILES string of the molecule is O=CCCCC=O.S. The number of unbranched alkanes of at least 4 members (excludes halogenated alkanes) is 2. The van der Waals surface area contributed by atoms with Crippen molar-refractivity contribution in [1.29, 1.82) is 0 Å². The van der Waals surface area contributed by atoms with Gasteiger partial charge in [0.05, 0.1) is 0 Å². The second-order valence-corrected chi connectivity index (χ2v) is 1.26.